The van der Waals surface area contributed by atoms with E-state index in [0.717, 1.165) is 37.8 Å². The Morgan fingerprint density at radius 2 is 1.77 bits per heavy atom. The summed E-state index contributed by atoms with van der Waals surface area (Å²) in [4.78, 5) is 30.5. The SMILES string of the molecule is C=C/C=C(\C=C/CC(C)/C=C\C(C)=C/C)C(/C=C)=C/C=C/Sc1cccc2c1C(=O)C1=C(CC(SC(/C=C\C(=C)C)=C/C)=CC=C1)C2=O. The van der Waals surface area contributed by atoms with Crippen molar-refractivity contribution in [2.24, 2.45) is 5.92 Å². The third-order valence-electron chi connectivity index (χ3n) is 7.65. The van der Waals surface area contributed by atoms with Gasteiger partial charge < -0.3 is 0 Å². The van der Waals surface area contributed by atoms with Crippen molar-refractivity contribution < 1.29 is 9.59 Å². The predicted octanol–water partition coefficient (Wildman–Crippen LogP) is 12.9. The molecule has 0 spiro atoms. The lowest BCUT2D eigenvalue weighted by Crippen LogP contribution is -2.22. The van der Waals surface area contributed by atoms with E-state index in [0.29, 0.717) is 34.6 Å². The maximum atomic E-state index is 13.9. The van der Waals surface area contributed by atoms with Gasteiger partial charge in [-0.05, 0) is 73.6 Å². The molecular weight excluding hydrogens is 625 g/mol. The van der Waals surface area contributed by atoms with Crippen molar-refractivity contribution in [3.63, 3.8) is 0 Å². The van der Waals surface area contributed by atoms with Crippen LogP contribution in [0.4, 0.5) is 0 Å². The molecular formula is C44H46O2S2. The van der Waals surface area contributed by atoms with Crippen LogP contribution < -0.4 is 0 Å². The minimum Gasteiger partial charge on any atom is -0.289 e. The van der Waals surface area contributed by atoms with Crippen LogP contribution in [0.1, 0.15) is 68.2 Å². The molecule has 0 heterocycles. The van der Waals surface area contributed by atoms with Gasteiger partial charge in [-0.2, -0.15) is 0 Å². The Kier molecular flexibility index (Phi) is 15.4. The number of ketones is 2. The van der Waals surface area contributed by atoms with Crippen molar-refractivity contribution in [3.05, 3.63) is 195 Å². The summed E-state index contributed by atoms with van der Waals surface area (Å²) in [5.41, 5.74) is 6.11. The van der Waals surface area contributed by atoms with Crippen LogP contribution in [-0.4, -0.2) is 11.6 Å². The first-order valence-corrected chi connectivity index (χ1v) is 17.8. The maximum Gasteiger partial charge on any atom is 0.195 e. The molecule has 1 aromatic carbocycles. The van der Waals surface area contributed by atoms with Crippen LogP contribution >= 0.6 is 23.5 Å². The van der Waals surface area contributed by atoms with Crippen molar-refractivity contribution in [2.75, 3.05) is 0 Å². The molecule has 0 radical (unpaired) electrons. The van der Waals surface area contributed by atoms with Gasteiger partial charge in [-0.15, -0.1) is 0 Å². The quantitative estimate of drug-likeness (QED) is 0.137. The minimum atomic E-state index is -0.117. The Bertz CT molecular complexity index is 1790. The molecule has 0 N–H and O–H groups in total. The molecule has 2 aliphatic carbocycles. The monoisotopic (exact) mass is 670 g/mol. The fraction of sp³-hybridized carbons (Fsp3) is 0.182. The molecule has 1 aromatic rings. The van der Waals surface area contributed by atoms with Crippen molar-refractivity contribution in [3.8, 4) is 0 Å². The molecule has 1 atom stereocenters. The van der Waals surface area contributed by atoms with E-state index in [1.54, 1.807) is 30.0 Å². The van der Waals surface area contributed by atoms with Gasteiger partial charge in [-0.3, -0.25) is 9.59 Å². The summed E-state index contributed by atoms with van der Waals surface area (Å²) in [6.07, 6.45) is 33.2. The van der Waals surface area contributed by atoms with Crippen LogP contribution in [0.2, 0.25) is 0 Å². The summed E-state index contributed by atoms with van der Waals surface area (Å²) in [6.45, 7) is 22.1. The first-order chi connectivity index (χ1) is 23.1. The number of hydrogen-bond acceptors (Lipinski definition) is 4. The van der Waals surface area contributed by atoms with Crippen LogP contribution in [-0.2, 0) is 0 Å². The zero-order valence-electron chi connectivity index (χ0n) is 28.8. The number of thioether (sulfide) groups is 2. The standard InChI is InChI=1S/C44H46O2S2/c1-9-17-35(19-13-18-33(8)27-26-32(7)10-2)34(11-3)20-16-29-47-41-24-15-23-39-42(41)44(46)38-22-14-21-37(30-40(38)43(39)45)48-36(12-4)28-25-31(5)6/h9-17,19-29,33H,1,3,5,18,30H2,2,4,6-8H3/b19-13-,27-26-,28-25-,29-16+,32-10-,34-20+,35-17+,36-12+. The molecule has 0 fully saturated rings. The molecule has 4 heteroatoms. The molecule has 0 aromatic heterocycles. The second kappa shape index (κ2) is 19.4. The van der Waals surface area contributed by atoms with Gasteiger partial charge in [0.2, 0.25) is 0 Å². The van der Waals surface area contributed by atoms with Crippen molar-refractivity contribution in [2.45, 2.75) is 52.4 Å². The summed E-state index contributed by atoms with van der Waals surface area (Å²) in [5, 5.41) is 1.93. The van der Waals surface area contributed by atoms with Gasteiger partial charge in [0.15, 0.2) is 11.6 Å². The second-order valence-electron chi connectivity index (χ2n) is 11.5. The molecule has 2 nitrogen and oxygen atoms in total. The number of rotatable bonds is 15. The topological polar surface area (TPSA) is 34.1 Å². The summed E-state index contributed by atoms with van der Waals surface area (Å²) in [7, 11) is 0. The molecule has 246 valence electrons. The van der Waals surface area contributed by atoms with E-state index in [9.17, 15) is 9.59 Å². The molecule has 0 saturated carbocycles. The lowest BCUT2D eigenvalue weighted by Gasteiger charge is -2.21. The number of allylic oxidation sites excluding steroid dienone is 23. The predicted molar refractivity (Wildman–Crippen MR) is 212 cm³/mol. The Morgan fingerprint density at radius 3 is 2.46 bits per heavy atom. The van der Waals surface area contributed by atoms with Gasteiger partial charge >= 0.3 is 0 Å². The Hall–Kier alpha value is -4.38. The van der Waals surface area contributed by atoms with Crippen LogP contribution in [0.25, 0.3) is 0 Å². The van der Waals surface area contributed by atoms with E-state index in [4.69, 9.17) is 0 Å². The Labute approximate surface area is 296 Å². The molecule has 0 aliphatic heterocycles. The normalized spacial score (nSPS) is 17.0. The van der Waals surface area contributed by atoms with Gasteiger partial charge in [0.25, 0.3) is 0 Å². The van der Waals surface area contributed by atoms with E-state index in [-0.39, 0.29) is 11.6 Å². The minimum absolute atomic E-state index is 0.0924. The number of carbonyl (C=O) groups excluding carboxylic acids is 2. The zero-order chi connectivity index (χ0) is 35.1. The van der Waals surface area contributed by atoms with Crippen molar-refractivity contribution >= 4 is 35.1 Å². The zero-order valence-corrected chi connectivity index (χ0v) is 30.4. The van der Waals surface area contributed by atoms with Gasteiger partial charge in [0.05, 0.1) is 0 Å². The average Bonchev–Trinajstić information content (AvgIpc) is 3.30. The number of carbonyl (C=O) groups is 2. The van der Waals surface area contributed by atoms with E-state index >= 15 is 0 Å². The number of hydrogen-bond donors (Lipinski definition) is 0. The number of benzene rings is 1. The summed E-state index contributed by atoms with van der Waals surface area (Å²) in [6, 6.07) is 5.51. The third-order valence-corrected chi connectivity index (χ3v) is 9.69. The summed E-state index contributed by atoms with van der Waals surface area (Å²) >= 11 is 3.02. The molecule has 1 unspecified atom stereocenters. The number of Topliss-reactive ketones (excluding diaryl/α,β-unsaturated/α-hetero) is 2. The third kappa shape index (κ3) is 10.8. The Morgan fingerprint density at radius 1 is 0.979 bits per heavy atom. The largest absolute Gasteiger partial charge is 0.289 e. The first kappa shape index (κ1) is 38.1. The molecule has 0 bridgehead atoms. The van der Waals surface area contributed by atoms with E-state index in [2.05, 4.69) is 64.0 Å². The summed E-state index contributed by atoms with van der Waals surface area (Å²) in [5.74, 6) is 0.206. The molecule has 3 rings (SSSR count). The number of fused-ring (bicyclic) bond motifs is 1. The Balaban J connectivity index is 1.79. The fourth-order valence-electron chi connectivity index (χ4n) is 4.89. The van der Waals surface area contributed by atoms with Gasteiger partial charge in [-0.1, -0.05) is 165 Å². The van der Waals surface area contributed by atoms with Crippen LogP contribution in [0.3, 0.4) is 0 Å². The molecule has 48 heavy (non-hydrogen) atoms. The lowest BCUT2D eigenvalue weighted by atomic mass is 9.83. The second-order valence-corrected chi connectivity index (χ2v) is 13.7. The van der Waals surface area contributed by atoms with Crippen molar-refractivity contribution in [1.29, 1.82) is 0 Å². The van der Waals surface area contributed by atoms with Crippen molar-refractivity contribution in [1.82, 2.24) is 0 Å². The average molecular weight is 671 g/mol. The highest BCUT2D eigenvalue weighted by molar-refractivity contribution is 8.06. The maximum absolute atomic E-state index is 13.9. The smallest absolute Gasteiger partial charge is 0.195 e. The summed E-state index contributed by atoms with van der Waals surface area (Å²) < 4.78 is 0. The lowest BCUT2D eigenvalue weighted by molar-refractivity contribution is 0.0974. The van der Waals surface area contributed by atoms with Gasteiger partial charge in [0.1, 0.15) is 0 Å². The molecule has 2 aliphatic rings. The van der Waals surface area contributed by atoms with Crippen LogP contribution in [0, 0.1) is 5.92 Å². The van der Waals surface area contributed by atoms with E-state index < -0.39 is 0 Å². The fourth-order valence-corrected chi connectivity index (χ4v) is 6.60. The van der Waals surface area contributed by atoms with Crippen LogP contribution in [0.5, 0.6) is 0 Å². The highest BCUT2D eigenvalue weighted by atomic mass is 32.2. The highest BCUT2D eigenvalue weighted by Crippen LogP contribution is 2.40. The highest BCUT2D eigenvalue weighted by Gasteiger charge is 2.33. The molecule has 0 saturated heterocycles. The van der Waals surface area contributed by atoms with Crippen LogP contribution in [0.15, 0.2) is 189 Å². The van der Waals surface area contributed by atoms with E-state index in [1.165, 1.54) is 17.3 Å². The van der Waals surface area contributed by atoms with Gasteiger partial charge in [0, 0.05) is 38.5 Å². The first-order valence-electron chi connectivity index (χ1n) is 16.1. The molecule has 0 amide bonds. The van der Waals surface area contributed by atoms with Gasteiger partial charge in [-0.25, -0.2) is 0 Å². The van der Waals surface area contributed by atoms with E-state index in [1.807, 2.05) is 93.0 Å².